The molecule has 0 saturated carbocycles. The number of aliphatic carboxylic acids is 1. The van der Waals surface area contributed by atoms with Gasteiger partial charge in [0.25, 0.3) is 11.8 Å². The molecule has 2 N–H and O–H groups in total. The van der Waals surface area contributed by atoms with Gasteiger partial charge in [-0.3, -0.25) is 14.4 Å². The topological polar surface area (TPSA) is 112 Å². The van der Waals surface area contributed by atoms with E-state index < -0.39 is 5.97 Å². The lowest BCUT2D eigenvalue weighted by Gasteiger charge is -2.30. The molecule has 0 radical (unpaired) electrons. The Kier molecular flexibility index (Phi) is 5.21. The van der Waals surface area contributed by atoms with Crippen molar-refractivity contribution >= 4 is 23.5 Å². The van der Waals surface area contributed by atoms with Crippen LogP contribution in [0.25, 0.3) is 0 Å². The van der Waals surface area contributed by atoms with Crippen LogP contribution in [0.3, 0.4) is 0 Å². The molecule has 2 aromatic rings. The van der Waals surface area contributed by atoms with Gasteiger partial charge in [0.1, 0.15) is 0 Å². The van der Waals surface area contributed by atoms with E-state index in [1.807, 2.05) is 0 Å². The summed E-state index contributed by atoms with van der Waals surface area (Å²) < 4.78 is 0. The lowest BCUT2D eigenvalue weighted by atomic mass is 9.96. The standard InChI is InChI=1S/C18H18N4O4/c23-16(14-5-8-19-20-11-14)21-15-3-1-12(2-4-15)17(24)22-9-6-13(7-10-22)18(25)26/h1-5,8,11,13H,6-7,9-10H2,(H,21,23)(H,25,26). The molecule has 2 amide bonds. The van der Waals surface area contributed by atoms with Gasteiger partial charge in [-0.15, -0.1) is 0 Å². The van der Waals surface area contributed by atoms with Crippen LogP contribution >= 0.6 is 0 Å². The second kappa shape index (κ2) is 7.73. The largest absolute Gasteiger partial charge is 0.481 e. The maximum atomic E-state index is 12.5. The summed E-state index contributed by atoms with van der Waals surface area (Å²) in [5, 5.41) is 19.0. The zero-order chi connectivity index (χ0) is 18.5. The first-order valence-corrected chi connectivity index (χ1v) is 8.25. The van der Waals surface area contributed by atoms with Crippen molar-refractivity contribution in [2.24, 2.45) is 5.92 Å². The number of benzene rings is 1. The minimum atomic E-state index is -0.804. The van der Waals surface area contributed by atoms with E-state index in [4.69, 9.17) is 5.11 Å². The maximum Gasteiger partial charge on any atom is 0.306 e. The molecule has 26 heavy (non-hydrogen) atoms. The molecule has 1 aliphatic heterocycles. The summed E-state index contributed by atoms with van der Waals surface area (Å²) in [5.74, 6) is -1.62. The Morgan fingerprint density at radius 1 is 1.00 bits per heavy atom. The van der Waals surface area contributed by atoms with Crippen molar-refractivity contribution in [2.75, 3.05) is 18.4 Å². The molecule has 1 aromatic heterocycles. The molecule has 8 nitrogen and oxygen atoms in total. The van der Waals surface area contributed by atoms with E-state index in [-0.39, 0.29) is 17.7 Å². The Morgan fingerprint density at radius 2 is 1.69 bits per heavy atom. The predicted octanol–water partition coefficient (Wildman–Crippen LogP) is 1.67. The van der Waals surface area contributed by atoms with Crippen LogP contribution in [0.2, 0.25) is 0 Å². The summed E-state index contributed by atoms with van der Waals surface area (Å²) in [6.07, 6.45) is 3.74. The van der Waals surface area contributed by atoms with Crippen molar-refractivity contribution in [3.05, 3.63) is 53.9 Å². The Hall–Kier alpha value is -3.29. The molecule has 0 spiro atoms. The zero-order valence-corrected chi connectivity index (χ0v) is 14.0. The van der Waals surface area contributed by atoms with Crippen molar-refractivity contribution in [1.29, 1.82) is 0 Å². The highest BCUT2D eigenvalue weighted by Crippen LogP contribution is 2.20. The number of rotatable bonds is 4. The van der Waals surface area contributed by atoms with Crippen LogP contribution in [0.15, 0.2) is 42.7 Å². The predicted molar refractivity (Wildman–Crippen MR) is 92.7 cm³/mol. The van der Waals surface area contributed by atoms with Crippen LogP contribution in [0.5, 0.6) is 0 Å². The Morgan fingerprint density at radius 3 is 2.27 bits per heavy atom. The SMILES string of the molecule is O=C(Nc1ccc(C(=O)N2CCC(C(=O)O)CC2)cc1)c1ccnnc1. The van der Waals surface area contributed by atoms with Crippen molar-refractivity contribution in [3.8, 4) is 0 Å². The number of anilines is 1. The van der Waals surface area contributed by atoms with Crippen LogP contribution in [0.4, 0.5) is 5.69 Å². The maximum absolute atomic E-state index is 12.5. The summed E-state index contributed by atoms with van der Waals surface area (Å²) in [4.78, 5) is 37.2. The number of aromatic nitrogens is 2. The minimum Gasteiger partial charge on any atom is -0.481 e. The molecule has 134 valence electrons. The van der Waals surface area contributed by atoms with Gasteiger partial charge in [-0.1, -0.05) is 0 Å². The summed E-state index contributed by atoms with van der Waals surface area (Å²) in [6, 6.07) is 8.16. The molecule has 3 rings (SSSR count). The second-order valence-electron chi connectivity index (χ2n) is 6.07. The van der Waals surface area contributed by atoms with Crippen LogP contribution < -0.4 is 5.32 Å². The number of carboxylic acid groups (broad SMARTS) is 1. The number of piperidine rings is 1. The van der Waals surface area contributed by atoms with E-state index in [9.17, 15) is 14.4 Å². The molecule has 0 unspecified atom stereocenters. The third-order valence-corrected chi connectivity index (χ3v) is 4.37. The first-order valence-electron chi connectivity index (χ1n) is 8.25. The molecular weight excluding hydrogens is 336 g/mol. The van der Waals surface area contributed by atoms with Gasteiger partial charge in [-0.2, -0.15) is 10.2 Å². The monoisotopic (exact) mass is 354 g/mol. The highest BCUT2D eigenvalue weighted by molar-refractivity contribution is 6.04. The van der Waals surface area contributed by atoms with Crippen molar-refractivity contribution in [1.82, 2.24) is 15.1 Å². The zero-order valence-electron chi connectivity index (χ0n) is 14.0. The van der Waals surface area contributed by atoms with E-state index in [0.29, 0.717) is 42.7 Å². The molecule has 1 saturated heterocycles. The minimum absolute atomic E-state index is 0.134. The molecule has 1 aliphatic rings. The molecule has 0 atom stereocenters. The van der Waals surface area contributed by atoms with Crippen LogP contribution in [0, 0.1) is 5.92 Å². The van der Waals surface area contributed by atoms with E-state index in [1.165, 1.54) is 12.4 Å². The summed E-state index contributed by atoms with van der Waals surface area (Å²) in [6.45, 7) is 0.868. The fourth-order valence-electron chi connectivity index (χ4n) is 2.84. The van der Waals surface area contributed by atoms with Gasteiger partial charge < -0.3 is 15.3 Å². The molecular formula is C18H18N4O4. The first kappa shape index (κ1) is 17.5. The van der Waals surface area contributed by atoms with Gasteiger partial charge in [0.05, 0.1) is 23.9 Å². The highest BCUT2D eigenvalue weighted by atomic mass is 16.4. The average Bonchev–Trinajstić information content (AvgIpc) is 2.69. The number of hydrogen-bond donors (Lipinski definition) is 2. The quantitative estimate of drug-likeness (QED) is 0.863. The summed E-state index contributed by atoms with van der Waals surface area (Å²) in [5.41, 5.74) is 1.46. The van der Waals surface area contributed by atoms with Gasteiger partial charge in [0.2, 0.25) is 0 Å². The van der Waals surface area contributed by atoms with Crippen LogP contribution in [-0.2, 0) is 4.79 Å². The molecule has 2 heterocycles. The second-order valence-corrected chi connectivity index (χ2v) is 6.07. The number of nitrogens with one attached hydrogen (secondary N) is 1. The van der Waals surface area contributed by atoms with Gasteiger partial charge in [0, 0.05) is 24.3 Å². The van der Waals surface area contributed by atoms with Crippen molar-refractivity contribution in [2.45, 2.75) is 12.8 Å². The third-order valence-electron chi connectivity index (χ3n) is 4.37. The average molecular weight is 354 g/mol. The Bertz CT molecular complexity index is 800. The molecule has 0 bridgehead atoms. The van der Waals surface area contributed by atoms with Crippen molar-refractivity contribution < 1.29 is 19.5 Å². The van der Waals surface area contributed by atoms with E-state index in [0.717, 1.165) is 0 Å². The Labute approximate surface area is 149 Å². The third kappa shape index (κ3) is 4.02. The Balaban J connectivity index is 1.60. The van der Waals surface area contributed by atoms with E-state index >= 15 is 0 Å². The molecule has 1 aromatic carbocycles. The lowest BCUT2D eigenvalue weighted by Crippen LogP contribution is -2.40. The molecule has 1 fully saturated rings. The van der Waals surface area contributed by atoms with Crippen LogP contribution in [0.1, 0.15) is 33.6 Å². The van der Waals surface area contributed by atoms with E-state index in [1.54, 1.807) is 35.2 Å². The molecule has 8 heteroatoms. The van der Waals surface area contributed by atoms with E-state index in [2.05, 4.69) is 15.5 Å². The van der Waals surface area contributed by atoms with Crippen molar-refractivity contribution in [3.63, 3.8) is 0 Å². The van der Waals surface area contributed by atoms with Gasteiger partial charge in [-0.05, 0) is 43.2 Å². The van der Waals surface area contributed by atoms with Gasteiger partial charge >= 0.3 is 5.97 Å². The smallest absolute Gasteiger partial charge is 0.306 e. The normalized spacial score (nSPS) is 14.7. The number of hydrogen-bond acceptors (Lipinski definition) is 5. The fourth-order valence-corrected chi connectivity index (χ4v) is 2.84. The number of carboxylic acids is 1. The van der Waals surface area contributed by atoms with Gasteiger partial charge in [-0.25, -0.2) is 0 Å². The number of amides is 2. The number of likely N-dealkylation sites (tertiary alicyclic amines) is 1. The summed E-state index contributed by atoms with van der Waals surface area (Å²) >= 11 is 0. The number of carbonyl (C=O) groups is 3. The highest BCUT2D eigenvalue weighted by Gasteiger charge is 2.27. The first-order chi connectivity index (χ1) is 12.5. The van der Waals surface area contributed by atoms with Crippen LogP contribution in [-0.4, -0.2) is 51.1 Å². The number of carbonyl (C=O) groups excluding carboxylic acids is 2. The van der Waals surface area contributed by atoms with Gasteiger partial charge in [0.15, 0.2) is 0 Å². The lowest BCUT2D eigenvalue weighted by molar-refractivity contribution is -0.143. The fraction of sp³-hybridized carbons (Fsp3) is 0.278. The summed E-state index contributed by atoms with van der Waals surface area (Å²) in [7, 11) is 0. The molecule has 0 aliphatic carbocycles. The number of nitrogens with zero attached hydrogens (tertiary/aromatic N) is 3.